The summed E-state index contributed by atoms with van der Waals surface area (Å²) in [5, 5.41) is 3.94. The van der Waals surface area contributed by atoms with E-state index in [4.69, 9.17) is 23.2 Å². The van der Waals surface area contributed by atoms with E-state index in [0.29, 0.717) is 54.3 Å². The number of nitrogens with zero attached hydrogens (tertiary/aromatic N) is 3. The van der Waals surface area contributed by atoms with Gasteiger partial charge in [-0.2, -0.15) is 0 Å². The van der Waals surface area contributed by atoms with Gasteiger partial charge < -0.3 is 10.2 Å². The predicted octanol–water partition coefficient (Wildman–Crippen LogP) is 4.02. The zero-order valence-corrected chi connectivity index (χ0v) is 19.5. The molecule has 2 aromatic rings. The molecule has 1 saturated carbocycles. The summed E-state index contributed by atoms with van der Waals surface area (Å²) in [6, 6.07) is 8.65. The number of carbonyl (C=O) groups excluding carboxylic acids is 2. The van der Waals surface area contributed by atoms with Gasteiger partial charge in [-0.15, -0.1) is 0 Å². The van der Waals surface area contributed by atoms with Gasteiger partial charge in [0.25, 0.3) is 5.91 Å². The van der Waals surface area contributed by atoms with E-state index in [1.54, 1.807) is 30.6 Å². The smallest absolute Gasteiger partial charge is 0.253 e. The molecule has 1 saturated heterocycles. The quantitative estimate of drug-likeness (QED) is 0.686. The lowest BCUT2D eigenvalue weighted by atomic mass is 9.94. The Morgan fingerprint density at radius 1 is 1.00 bits per heavy atom. The molecule has 1 aliphatic heterocycles. The number of rotatable bonds is 6. The maximum Gasteiger partial charge on any atom is 0.253 e. The van der Waals surface area contributed by atoms with E-state index >= 15 is 0 Å². The van der Waals surface area contributed by atoms with Gasteiger partial charge in [-0.3, -0.25) is 19.5 Å². The summed E-state index contributed by atoms with van der Waals surface area (Å²) in [5.74, 6) is 0.394. The first-order chi connectivity index (χ1) is 15.5. The number of carbonyl (C=O) groups is 2. The molecule has 0 unspecified atom stereocenters. The van der Waals surface area contributed by atoms with Crippen LogP contribution in [0, 0.1) is 5.92 Å². The Bertz CT molecular complexity index is 942. The molecule has 4 rings (SSSR count). The summed E-state index contributed by atoms with van der Waals surface area (Å²) < 4.78 is 0. The number of aromatic nitrogens is 1. The van der Waals surface area contributed by atoms with E-state index in [0.717, 1.165) is 18.4 Å². The van der Waals surface area contributed by atoms with Gasteiger partial charge in [-0.1, -0.05) is 36.0 Å². The van der Waals surface area contributed by atoms with E-state index in [1.807, 2.05) is 17.0 Å². The lowest BCUT2D eigenvalue weighted by molar-refractivity contribution is -0.129. The van der Waals surface area contributed by atoms with Crippen molar-refractivity contribution in [2.45, 2.75) is 38.3 Å². The van der Waals surface area contributed by atoms with E-state index < -0.39 is 0 Å². The second-order valence-corrected chi connectivity index (χ2v) is 9.33. The Morgan fingerprint density at radius 2 is 1.69 bits per heavy atom. The molecule has 0 spiro atoms. The minimum Gasteiger partial charge on any atom is -0.351 e. The van der Waals surface area contributed by atoms with Crippen molar-refractivity contribution in [1.82, 2.24) is 20.1 Å². The van der Waals surface area contributed by atoms with E-state index in [1.165, 1.54) is 12.8 Å². The lowest BCUT2D eigenvalue weighted by Crippen LogP contribution is -2.57. The highest BCUT2D eigenvalue weighted by Gasteiger charge is 2.37. The molecule has 6 nitrogen and oxygen atoms in total. The van der Waals surface area contributed by atoms with Gasteiger partial charge >= 0.3 is 0 Å². The third-order valence-corrected chi connectivity index (χ3v) is 7.23. The average Bonchev–Trinajstić information content (AvgIpc) is 3.35. The first kappa shape index (κ1) is 23.0. The summed E-state index contributed by atoms with van der Waals surface area (Å²) in [6.07, 6.45) is 7.98. The minimum absolute atomic E-state index is 0.0530. The maximum atomic E-state index is 13.2. The van der Waals surface area contributed by atoms with Crippen LogP contribution in [0.5, 0.6) is 0 Å². The molecule has 32 heavy (non-hydrogen) atoms. The summed E-state index contributed by atoms with van der Waals surface area (Å²) in [5.41, 5.74) is 1.57. The number of amides is 2. The van der Waals surface area contributed by atoms with Crippen molar-refractivity contribution in [2.75, 3.05) is 26.2 Å². The molecule has 2 heterocycles. The zero-order chi connectivity index (χ0) is 22.5. The van der Waals surface area contributed by atoms with Gasteiger partial charge in [0, 0.05) is 50.7 Å². The Hall–Kier alpha value is -2.15. The highest BCUT2D eigenvalue weighted by molar-refractivity contribution is 6.42. The van der Waals surface area contributed by atoms with Crippen LogP contribution in [-0.4, -0.2) is 58.8 Å². The highest BCUT2D eigenvalue weighted by atomic mass is 35.5. The Balaban J connectivity index is 1.39. The fourth-order valence-electron chi connectivity index (χ4n) is 4.76. The third kappa shape index (κ3) is 5.42. The van der Waals surface area contributed by atoms with Crippen LogP contribution in [0.15, 0.2) is 42.7 Å². The van der Waals surface area contributed by atoms with E-state index in [-0.39, 0.29) is 17.9 Å². The number of hydrogen-bond acceptors (Lipinski definition) is 4. The van der Waals surface area contributed by atoms with Gasteiger partial charge in [0.05, 0.1) is 16.1 Å². The van der Waals surface area contributed by atoms with Crippen molar-refractivity contribution in [3.8, 4) is 0 Å². The van der Waals surface area contributed by atoms with Gasteiger partial charge in [-0.05, 0) is 54.7 Å². The van der Waals surface area contributed by atoms with Crippen molar-refractivity contribution < 1.29 is 9.59 Å². The van der Waals surface area contributed by atoms with Crippen LogP contribution >= 0.6 is 23.2 Å². The summed E-state index contributed by atoms with van der Waals surface area (Å²) in [4.78, 5) is 34.3. The highest BCUT2D eigenvalue weighted by Crippen LogP contribution is 2.31. The van der Waals surface area contributed by atoms with Crippen molar-refractivity contribution >= 4 is 35.0 Å². The molecule has 0 radical (unpaired) electrons. The second-order valence-electron chi connectivity index (χ2n) is 8.52. The first-order valence-electron chi connectivity index (χ1n) is 11.2. The van der Waals surface area contributed by atoms with Gasteiger partial charge in [-0.25, -0.2) is 0 Å². The third-order valence-electron chi connectivity index (χ3n) is 6.49. The molecule has 2 aliphatic rings. The fourth-order valence-corrected chi connectivity index (χ4v) is 5.06. The number of benzene rings is 1. The number of pyridine rings is 1. The van der Waals surface area contributed by atoms with Crippen LogP contribution in [0.3, 0.4) is 0 Å². The van der Waals surface area contributed by atoms with Gasteiger partial charge in [0.15, 0.2) is 0 Å². The standard InChI is InChI=1S/C24H28Cl2N4O2/c25-20-6-5-19(15-21(20)26)24(32)30-13-11-29(12-14-30)22(18-3-1-2-4-18)23(31)28-16-17-7-9-27-10-8-17/h5-10,15,18,22H,1-4,11-14,16H2,(H,28,31)/t22-/m1/s1. The van der Waals surface area contributed by atoms with Crippen molar-refractivity contribution in [3.63, 3.8) is 0 Å². The molecule has 1 aromatic heterocycles. The molecule has 2 amide bonds. The zero-order valence-electron chi connectivity index (χ0n) is 18.0. The Labute approximate surface area is 198 Å². The van der Waals surface area contributed by atoms with Crippen molar-refractivity contribution in [3.05, 3.63) is 63.9 Å². The summed E-state index contributed by atoms with van der Waals surface area (Å²) in [7, 11) is 0. The maximum absolute atomic E-state index is 13.2. The molecule has 8 heteroatoms. The van der Waals surface area contributed by atoms with E-state index in [9.17, 15) is 9.59 Å². The van der Waals surface area contributed by atoms with Crippen LogP contribution in [0.4, 0.5) is 0 Å². The Morgan fingerprint density at radius 3 is 2.34 bits per heavy atom. The summed E-state index contributed by atoms with van der Waals surface area (Å²) >= 11 is 12.1. The van der Waals surface area contributed by atoms with Gasteiger partial charge in [0.1, 0.15) is 0 Å². The molecule has 1 aliphatic carbocycles. The molecule has 0 bridgehead atoms. The monoisotopic (exact) mass is 474 g/mol. The van der Waals surface area contributed by atoms with Crippen LogP contribution < -0.4 is 5.32 Å². The van der Waals surface area contributed by atoms with Crippen molar-refractivity contribution in [2.24, 2.45) is 5.92 Å². The summed E-state index contributed by atoms with van der Waals surface area (Å²) in [6.45, 7) is 3.02. The number of halogens is 2. The molecular weight excluding hydrogens is 447 g/mol. The van der Waals surface area contributed by atoms with Crippen LogP contribution in [0.25, 0.3) is 0 Å². The van der Waals surface area contributed by atoms with Crippen LogP contribution in [0.1, 0.15) is 41.6 Å². The SMILES string of the molecule is O=C(NCc1ccncc1)[C@@H](C1CCCC1)N1CCN(C(=O)c2ccc(Cl)c(Cl)c2)CC1. The minimum atomic E-state index is -0.151. The Kier molecular flexibility index (Phi) is 7.66. The fraction of sp³-hybridized carbons (Fsp3) is 0.458. The molecule has 2 fully saturated rings. The molecule has 1 N–H and O–H groups in total. The molecular formula is C24H28Cl2N4O2. The normalized spacial score (nSPS) is 18.5. The first-order valence-corrected chi connectivity index (χ1v) is 11.9. The predicted molar refractivity (Wildman–Crippen MR) is 126 cm³/mol. The van der Waals surface area contributed by atoms with Gasteiger partial charge in [0.2, 0.25) is 5.91 Å². The lowest BCUT2D eigenvalue weighted by Gasteiger charge is -2.40. The van der Waals surface area contributed by atoms with Crippen LogP contribution in [-0.2, 0) is 11.3 Å². The molecule has 1 atom stereocenters. The number of hydrogen-bond donors (Lipinski definition) is 1. The average molecular weight is 475 g/mol. The molecule has 170 valence electrons. The topological polar surface area (TPSA) is 65.5 Å². The van der Waals surface area contributed by atoms with E-state index in [2.05, 4.69) is 15.2 Å². The number of piperazine rings is 1. The largest absolute Gasteiger partial charge is 0.351 e. The molecule has 1 aromatic carbocycles. The number of nitrogens with one attached hydrogen (secondary N) is 1. The van der Waals surface area contributed by atoms with Crippen molar-refractivity contribution in [1.29, 1.82) is 0 Å². The second kappa shape index (κ2) is 10.6. The van der Waals surface area contributed by atoms with Crippen LogP contribution in [0.2, 0.25) is 10.0 Å².